The molecule has 0 aromatic rings. The second kappa shape index (κ2) is 2.28. The van der Waals surface area contributed by atoms with Crippen molar-refractivity contribution in [3.63, 3.8) is 0 Å². The van der Waals surface area contributed by atoms with Gasteiger partial charge in [0.15, 0.2) is 0 Å². The Kier molecular flexibility index (Phi) is 2.49. The zero-order valence-electron chi connectivity index (χ0n) is 4.83. The van der Waals surface area contributed by atoms with Gasteiger partial charge in [0.05, 0.1) is 0 Å². The average Bonchev–Trinajstić information content (AvgIpc) is 1.31. The highest BCUT2D eigenvalue weighted by molar-refractivity contribution is 7.34. The summed E-state index contributed by atoms with van der Waals surface area (Å²) in [6.45, 7) is 5.99. The van der Waals surface area contributed by atoms with Crippen molar-refractivity contribution in [2.45, 2.75) is 26.1 Å². The fourth-order valence-corrected chi connectivity index (χ4v) is 0. The van der Waals surface area contributed by atoms with Crippen LogP contribution in [0.5, 0.6) is 0 Å². The van der Waals surface area contributed by atoms with Gasteiger partial charge in [0.1, 0.15) is 0 Å². The van der Waals surface area contributed by atoms with E-state index in [9.17, 15) is 0 Å². The third-order valence-electron chi connectivity index (χ3n) is 0.655. The zero-order chi connectivity index (χ0) is 6.08. The standard InChI is InChI=1S/C4H9BCl2/c1-4(2,3)5(6)7/h1-3H3. The molecule has 42 valence electrons. The Bertz CT molecular complexity index is 55.2. The smallest absolute Gasteiger partial charge is 0.171 e. The van der Waals surface area contributed by atoms with E-state index in [1.54, 1.807) is 0 Å². The molecule has 0 amide bonds. The van der Waals surface area contributed by atoms with Crippen LogP contribution in [-0.4, -0.2) is 5.54 Å². The van der Waals surface area contributed by atoms with Gasteiger partial charge in [0, 0.05) is 0 Å². The van der Waals surface area contributed by atoms with Crippen LogP contribution in [0, 0.1) is 0 Å². The lowest BCUT2D eigenvalue weighted by Gasteiger charge is -2.14. The Morgan fingerprint density at radius 1 is 1.14 bits per heavy atom. The molecule has 0 saturated heterocycles. The lowest BCUT2D eigenvalue weighted by molar-refractivity contribution is 0.759. The topological polar surface area (TPSA) is 0 Å². The lowest BCUT2D eigenvalue weighted by atomic mass is 9.72. The van der Waals surface area contributed by atoms with Gasteiger partial charge in [-0.05, 0) is 5.31 Å². The molecular weight excluding hydrogens is 130 g/mol. The zero-order valence-corrected chi connectivity index (χ0v) is 6.35. The van der Waals surface area contributed by atoms with E-state index in [-0.39, 0.29) is 10.9 Å². The summed E-state index contributed by atoms with van der Waals surface area (Å²) in [6, 6.07) is 0. The van der Waals surface area contributed by atoms with Gasteiger partial charge < -0.3 is 0 Å². The van der Waals surface area contributed by atoms with Gasteiger partial charge in [-0.1, -0.05) is 20.8 Å². The molecule has 0 bridgehead atoms. The van der Waals surface area contributed by atoms with Crippen molar-refractivity contribution in [2.24, 2.45) is 0 Å². The molecule has 7 heavy (non-hydrogen) atoms. The molecule has 0 N–H and O–H groups in total. The van der Waals surface area contributed by atoms with E-state index in [1.807, 2.05) is 20.8 Å². The van der Waals surface area contributed by atoms with Gasteiger partial charge in [-0.25, -0.2) is 0 Å². The Labute approximate surface area is 55.1 Å². The van der Waals surface area contributed by atoms with E-state index in [2.05, 4.69) is 0 Å². The summed E-state index contributed by atoms with van der Waals surface area (Å²) >= 11 is 11.0. The van der Waals surface area contributed by atoms with Crippen LogP contribution in [0.3, 0.4) is 0 Å². The third kappa shape index (κ3) is 3.25. The van der Waals surface area contributed by atoms with E-state index in [0.29, 0.717) is 0 Å². The average molecular weight is 139 g/mol. The first kappa shape index (κ1) is 7.64. The third-order valence-corrected chi connectivity index (χ3v) is 1.96. The summed E-state index contributed by atoms with van der Waals surface area (Å²) in [7, 11) is 0. The fourth-order valence-electron chi connectivity index (χ4n) is 0. The van der Waals surface area contributed by atoms with Crippen LogP contribution in [-0.2, 0) is 0 Å². The van der Waals surface area contributed by atoms with E-state index < -0.39 is 0 Å². The van der Waals surface area contributed by atoms with Gasteiger partial charge in [0.25, 0.3) is 0 Å². The second-order valence-electron chi connectivity index (χ2n) is 2.67. The summed E-state index contributed by atoms with van der Waals surface area (Å²) in [6.07, 6.45) is 0. The van der Waals surface area contributed by atoms with Crippen LogP contribution in [0.25, 0.3) is 0 Å². The highest BCUT2D eigenvalue weighted by atomic mass is 35.5. The molecule has 0 aliphatic heterocycles. The van der Waals surface area contributed by atoms with Crippen LogP contribution < -0.4 is 0 Å². The normalized spacial score (nSPS) is 11.6. The predicted octanol–water partition coefficient (Wildman–Crippen LogP) is 2.75. The van der Waals surface area contributed by atoms with Gasteiger partial charge >= 0.3 is 5.54 Å². The number of halogens is 2. The van der Waals surface area contributed by atoms with Crippen molar-refractivity contribution in [1.29, 1.82) is 0 Å². The SMILES string of the molecule is CC(C)(C)B(Cl)Cl. The maximum atomic E-state index is 5.52. The fraction of sp³-hybridized carbons (Fsp3) is 1.00. The van der Waals surface area contributed by atoms with Crippen molar-refractivity contribution >= 4 is 28.5 Å². The van der Waals surface area contributed by atoms with Gasteiger partial charge in [-0.15, -0.1) is 0 Å². The largest absolute Gasteiger partial charge is 0.356 e. The van der Waals surface area contributed by atoms with E-state index in [0.717, 1.165) is 0 Å². The molecule has 0 rings (SSSR count). The summed E-state index contributed by atoms with van der Waals surface area (Å²) in [4.78, 5) is 0. The first-order valence-electron chi connectivity index (χ1n) is 2.23. The van der Waals surface area contributed by atoms with Crippen LogP contribution in [0.15, 0.2) is 0 Å². The van der Waals surface area contributed by atoms with Crippen molar-refractivity contribution in [1.82, 2.24) is 0 Å². The van der Waals surface area contributed by atoms with Crippen LogP contribution in [0.4, 0.5) is 0 Å². The molecule has 0 aromatic carbocycles. The Morgan fingerprint density at radius 2 is 1.29 bits per heavy atom. The lowest BCUT2D eigenvalue weighted by Crippen LogP contribution is -2.11. The molecule has 0 radical (unpaired) electrons. The van der Waals surface area contributed by atoms with Crippen molar-refractivity contribution in [3.8, 4) is 0 Å². The second-order valence-corrected chi connectivity index (χ2v) is 3.76. The molecule has 0 aromatic heterocycles. The highest BCUT2D eigenvalue weighted by Gasteiger charge is 2.24. The van der Waals surface area contributed by atoms with Gasteiger partial charge in [-0.3, -0.25) is 0 Å². The first-order valence-corrected chi connectivity index (χ1v) is 3.10. The van der Waals surface area contributed by atoms with E-state index >= 15 is 0 Å². The van der Waals surface area contributed by atoms with Gasteiger partial charge in [0.2, 0.25) is 0 Å². The van der Waals surface area contributed by atoms with Crippen molar-refractivity contribution < 1.29 is 0 Å². The quantitative estimate of drug-likeness (QED) is 0.452. The molecule has 3 heteroatoms. The molecule has 0 saturated carbocycles. The summed E-state index contributed by atoms with van der Waals surface area (Å²) in [5.41, 5.74) is -0.257. The number of hydrogen-bond donors (Lipinski definition) is 0. The van der Waals surface area contributed by atoms with E-state index in [1.165, 1.54) is 0 Å². The molecule has 0 aliphatic rings. The molecule has 0 heterocycles. The minimum absolute atomic E-state index is 0.0309. The molecule has 0 fully saturated rings. The Hall–Kier alpha value is 0.645. The van der Waals surface area contributed by atoms with Crippen molar-refractivity contribution in [2.75, 3.05) is 0 Å². The molecular formula is C4H9BCl2. The van der Waals surface area contributed by atoms with Gasteiger partial charge in [-0.2, -0.15) is 22.9 Å². The monoisotopic (exact) mass is 138 g/mol. The summed E-state index contributed by atoms with van der Waals surface area (Å²) in [5.74, 6) is 0. The minimum atomic E-state index is -0.257. The maximum absolute atomic E-state index is 5.52. The minimum Gasteiger partial charge on any atom is -0.171 e. The van der Waals surface area contributed by atoms with E-state index in [4.69, 9.17) is 22.9 Å². The number of hydrogen-bond acceptors (Lipinski definition) is 0. The highest BCUT2D eigenvalue weighted by Crippen LogP contribution is 2.30. The first-order chi connectivity index (χ1) is 2.94. The molecule has 0 unspecified atom stereocenters. The maximum Gasteiger partial charge on any atom is 0.356 e. The molecule has 0 atom stereocenters. The Balaban J connectivity index is 3.54. The summed E-state index contributed by atoms with van der Waals surface area (Å²) < 4.78 is 0. The van der Waals surface area contributed by atoms with Crippen LogP contribution in [0.1, 0.15) is 20.8 Å². The predicted molar refractivity (Wildman–Crippen MR) is 37.2 cm³/mol. The molecule has 0 aliphatic carbocycles. The molecule has 0 nitrogen and oxygen atoms in total. The summed E-state index contributed by atoms with van der Waals surface area (Å²) in [5, 5.41) is 0.0309. The molecule has 0 spiro atoms. The van der Waals surface area contributed by atoms with Crippen LogP contribution in [0.2, 0.25) is 5.31 Å². The van der Waals surface area contributed by atoms with Crippen LogP contribution >= 0.6 is 22.9 Å². The van der Waals surface area contributed by atoms with Crippen molar-refractivity contribution in [3.05, 3.63) is 0 Å². The Morgan fingerprint density at radius 3 is 1.29 bits per heavy atom. The number of rotatable bonds is 0.